The maximum absolute atomic E-state index is 13.7. The topological polar surface area (TPSA) is 54.9 Å². The molecule has 0 bridgehead atoms. The van der Waals surface area contributed by atoms with Crippen LogP contribution in [0.4, 0.5) is 14.5 Å². The van der Waals surface area contributed by atoms with Crippen molar-refractivity contribution in [1.82, 2.24) is 5.32 Å². The van der Waals surface area contributed by atoms with Crippen LogP contribution in [0.15, 0.2) is 47.5 Å². The van der Waals surface area contributed by atoms with Gasteiger partial charge in [0.05, 0.1) is 6.61 Å². The molecule has 0 radical (unpaired) electrons. The van der Waals surface area contributed by atoms with Gasteiger partial charge in [-0.05, 0) is 30.2 Å². The predicted octanol–water partition coefficient (Wildman–Crippen LogP) is 4.23. The number of benzene rings is 2. The summed E-state index contributed by atoms with van der Waals surface area (Å²) >= 11 is 0. The second kappa shape index (κ2) is 13.3. The lowest BCUT2D eigenvalue weighted by Gasteiger charge is -2.13. The number of ether oxygens (including phenoxy) is 2. The third-order valence-corrected chi connectivity index (χ3v) is 3.78. The van der Waals surface area contributed by atoms with Gasteiger partial charge in [0, 0.05) is 51.6 Å². The molecule has 0 atom stereocenters. The highest BCUT2D eigenvalue weighted by atomic mass is 127. The van der Waals surface area contributed by atoms with Gasteiger partial charge in [0.1, 0.15) is 17.4 Å². The molecule has 0 saturated heterocycles. The average Bonchev–Trinajstić information content (AvgIpc) is 2.66. The Hall–Kier alpha value is -1.94. The summed E-state index contributed by atoms with van der Waals surface area (Å²) in [5.74, 6) is 0.179. The van der Waals surface area contributed by atoms with Crippen LogP contribution < -0.4 is 15.4 Å². The van der Waals surface area contributed by atoms with Crippen LogP contribution in [-0.4, -0.2) is 39.9 Å². The molecule has 0 fully saturated rings. The van der Waals surface area contributed by atoms with E-state index < -0.39 is 11.6 Å². The molecule has 2 N–H and O–H groups in total. The van der Waals surface area contributed by atoms with Gasteiger partial charge in [0.2, 0.25) is 0 Å². The van der Waals surface area contributed by atoms with Crippen LogP contribution in [-0.2, 0) is 11.2 Å². The first-order chi connectivity index (χ1) is 13.1. The fourth-order valence-corrected chi connectivity index (χ4v) is 2.41. The Morgan fingerprint density at radius 2 is 1.93 bits per heavy atom. The van der Waals surface area contributed by atoms with Crippen molar-refractivity contribution < 1.29 is 18.3 Å². The van der Waals surface area contributed by atoms with Crippen LogP contribution in [0.25, 0.3) is 0 Å². The monoisotopic (exact) mass is 505 g/mol. The van der Waals surface area contributed by atoms with E-state index in [4.69, 9.17) is 9.47 Å². The number of hydrogen-bond acceptors (Lipinski definition) is 3. The largest absolute Gasteiger partial charge is 0.493 e. The Morgan fingerprint density at radius 1 is 1.11 bits per heavy atom. The lowest BCUT2D eigenvalue weighted by Crippen LogP contribution is -2.32. The standard InChI is InChI=1S/C20H25F2N3O2.HI/c1-23-20(24-10-9-15-7-8-16(21)13-19(15)22)25-17-5-3-6-18(14-17)27-12-4-11-26-2;/h3,5-8,13-14H,4,9-12H2,1-2H3,(H2,23,24,25);1H. The van der Waals surface area contributed by atoms with E-state index in [1.54, 1.807) is 14.2 Å². The molecule has 28 heavy (non-hydrogen) atoms. The summed E-state index contributed by atoms with van der Waals surface area (Å²) in [6.07, 6.45) is 1.23. The fourth-order valence-electron chi connectivity index (χ4n) is 2.41. The van der Waals surface area contributed by atoms with Crippen molar-refractivity contribution in [2.24, 2.45) is 4.99 Å². The van der Waals surface area contributed by atoms with Crippen molar-refractivity contribution >= 4 is 35.6 Å². The highest BCUT2D eigenvalue weighted by molar-refractivity contribution is 14.0. The predicted molar refractivity (Wildman–Crippen MR) is 119 cm³/mol. The molecule has 0 aromatic heterocycles. The normalized spacial score (nSPS) is 10.9. The van der Waals surface area contributed by atoms with Gasteiger partial charge in [0.15, 0.2) is 5.96 Å². The summed E-state index contributed by atoms with van der Waals surface area (Å²) in [4.78, 5) is 4.15. The van der Waals surface area contributed by atoms with Gasteiger partial charge >= 0.3 is 0 Å². The van der Waals surface area contributed by atoms with Crippen molar-refractivity contribution in [3.8, 4) is 5.75 Å². The summed E-state index contributed by atoms with van der Waals surface area (Å²) < 4.78 is 37.3. The van der Waals surface area contributed by atoms with Gasteiger partial charge in [-0.1, -0.05) is 12.1 Å². The first-order valence-electron chi connectivity index (χ1n) is 8.76. The summed E-state index contributed by atoms with van der Waals surface area (Å²) in [6.45, 7) is 1.69. The number of nitrogens with one attached hydrogen (secondary N) is 2. The van der Waals surface area contributed by atoms with Crippen LogP contribution in [0.3, 0.4) is 0 Å². The number of nitrogens with zero attached hydrogens (tertiary/aromatic N) is 1. The molecule has 0 amide bonds. The SMILES string of the molecule is CN=C(NCCc1ccc(F)cc1F)Nc1cccc(OCCCOC)c1.I. The molecule has 0 spiro atoms. The highest BCUT2D eigenvalue weighted by Crippen LogP contribution is 2.17. The molecule has 2 aromatic rings. The van der Waals surface area contributed by atoms with Crippen molar-refractivity contribution in [2.75, 3.05) is 39.2 Å². The second-order valence-corrected chi connectivity index (χ2v) is 5.83. The number of rotatable bonds is 9. The highest BCUT2D eigenvalue weighted by Gasteiger charge is 2.05. The van der Waals surface area contributed by atoms with Crippen LogP contribution in [0, 0.1) is 11.6 Å². The lowest BCUT2D eigenvalue weighted by molar-refractivity contribution is 0.172. The lowest BCUT2D eigenvalue weighted by atomic mass is 10.1. The minimum atomic E-state index is -0.578. The zero-order chi connectivity index (χ0) is 19.5. The van der Waals surface area contributed by atoms with Crippen molar-refractivity contribution in [1.29, 1.82) is 0 Å². The first kappa shape index (κ1) is 24.1. The summed E-state index contributed by atoms with van der Waals surface area (Å²) in [5.41, 5.74) is 1.27. The number of aliphatic imine (C=N–C) groups is 1. The number of guanidine groups is 1. The molecule has 5 nitrogen and oxygen atoms in total. The van der Waals surface area contributed by atoms with Crippen LogP contribution >= 0.6 is 24.0 Å². The quantitative estimate of drug-likeness (QED) is 0.232. The van der Waals surface area contributed by atoms with E-state index in [1.807, 2.05) is 24.3 Å². The van der Waals surface area contributed by atoms with Gasteiger partial charge in [-0.3, -0.25) is 4.99 Å². The molecule has 2 rings (SSSR count). The number of anilines is 1. The molecule has 8 heteroatoms. The van der Waals surface area contributed by atoms with Gasteiger partial charge in [-0.2, -0.15) is 0 Å². The molecule has 0 aliphatic heterocycles. The summed E-state index contributed by atoms with van der Waals surface area (Å²) in [6, 6.07) is 11.1. The molecule has 154 valence electrons. The Morgan fingerprint density at radius 3 is 2.64 bits per heavy atom. The maximum atomic E-state index is 13.7. The second-order valence-electron chi connectivity index (χ2n) is 5.83. The summed E-state index contributed by atoms with van der Waals surface area (Å²) in [7, 11) is 3.31. The van der Waals surface area contributed by atoms with E-state index in [0.29, 0.717) is 37.7 Å². The van der Waals surface area contributed by atoms with Crippen LogP contribution in [0.2, 0.25) is 0 Å². The maximum Gasteiger partial charge on any atom is 0.195 e. The molecule has 0 unspecified atom stereocenters. The van der Waals surface area contributed by atoms with Crippen molar-refractivity contribution in [3.63, 3.8) is 0 Å². The third kappa shape index (κ3) is 8.39. The fraction of sp³-hybridized carbons (Fsp3) is 0.350. The minimum Gasteiger partial charge on any atom is -0.493 e. The minimum absolute atomic E-state index is 0. The van der Waals surface area contributed by atoms with E-state index in [9.17, 15) is 8.78 Å². The van der Waals surface area contributed by atoms with E-state index >= 15 is 0 Å². The molecule has 0 aliphatic rings. The van der Waals surface area contributed by atoms with E-state index in [1.165, 1.54) is 12.1 Å². The van der Waals surface area contributed by atoms with Crippen molar-refractivity contribution in [3.05, 3.63) is 59.7 Å². The third-order valence-electron chi connectivity index (χ3n) is 3.78. The average molecular weight is 505 g/mol. The van der Waals surface area contributed by atoms with E-state index in [2.05, 4.69) is 15.6 Å². The van der Waals surface area contributed by atoms with Gasteiger partial charge in [-0.15, -0.1) is 24.0 Å². The first-order valence-corrected chi connectivity index (χ1v) is 8.76. The molecular weight excluding hydrogens is 479 g/mol. The Bertz CT molecular complexity index is 760. The van der Waals surface area contributed by atoms with Crippen LogP contribution in [0.1, 0.15) is 12.0 Å². The number of halogens is 3. The van der Waals surface area contributed by atoms with Gasteiger partial charge in [-0.25, -0.2) is 8.78 Å². The molecule has 2 aromatic carbocycles. The van der Waals surface area contributed by atoms with Crippen molar-refractivity contribution in [2.45, 2.75) is 12.8 Å². The van der Waals surface area contributed by atoms with Crippen LogP contribution in [0.5, 0.6) is 5.75 Å². The zero-order valence-electron chi connectivity index (χ0n) is 16.0. The molecule has 0 aliphatic carbocycles. The molecule has 0 saturated carbocycles. The Kier molecular flexibility index (Phi) is 11.4. The smallest absolute Gasteiger partial charge is 0.195 e. The zero-order valence-corrected chi connectivity index (χ0v) is 18.3. The van der Waals surface area contributed by atoms with Gasteiger partial charge in [0.25, 0.3) is 0 Å². The van der Waals surface area contributed by atoms with Gasteiger partial charge < -0.3 is 20.1 Å². The Balaban J connectivity index is 0.00000392. The van der Waals surface area contributed by atoms with E-state index in [0.717, 1.165) is 23.9 Å². The molecular formula is C20H26F2IN3O2. The van der Waals surface area contributed by atoms with E-state index in [-0.39, 0.29) is 24.0 Å². The molecule has 0 heterocycles. The summed E-state index contributed by atoms with van der Waals surface area (Å²) in [5, 5.41) is 6.27. The number of hydrogen-bond donors (Lipinski definition) is 2. The number of methoxy groups -OCH3 is 1. The Labute approximate surface area is 181 Å².